The van der Waals surface area contributed by atoms with Gasteiger partial charge in [-0.05, 0) is 24.3 Å². The van der Waals surface area contributed by atoms with E-state index in [9.17, 15) is 4.79 Å². The van der Waals surface area contributed by atoms with Crippen molar-refractivity contribution in [2.45, 2.75) is 13.0 Å². The minimum Gasteiger partial charge on any atom is -0.497 e. The first kappa shape index (κ1) is 15.7. The fourth-order valence-electron chi connectivity index (χ4n) is 2.14. The highest BCUT2D eigenvalue weighted by atomic mass is 16.5. The van der Waals surface area contributed by atoms with Crippen molar-refractivity contribution in [3.05, 3.63) is 54.6 Å². The van der Waals surface area contributed by atoms with E-state index in [2.05, 4.69) is 20.7 Å². The number of anilines is 1. The van der Waals surface area contributed by atoms with Crippen molar-refractivity contribution >= 4 is 11.6 Å². The summed E-state index contributed by atoms with van der Waals surface area (Å²) in [6.45, 7) is 1.71. The maximum atomic E-state index is 12.4. The van der Waals surface area contributed by atoms with Crippen LogP contribution in [0.1, 0.15) is 13.0 Å². The van der Waals surface area contributed by atoms with Crippen LogP contribution in [0.3, 0.4) is 0 Å². The Balaban J connectivity index is 1.73. The van der Waals surface area contributed by atoms with Crippen LogP contribution in [0.4, 0.5) is 5.69 Å². The molecule has 2 aromatic carbocycles. The number of rotatable bonds is 5. The van der Waals surface area contributed by atoms with Crippen LogP contribution < -0.4 is 10.1 Å². The number of aromatic nitrogens is 4. The molecule has 3 aromatic rings. The quantitative estimate of drug-likeness (QED) is 0.780. The molecule has 1 amide bonds. The van der Waals surface area contributed by atoms with Crippen molar-refractivity contribution in [3.8, 4) is 17.1 Å². The second kappa shape index (κ2) is 6.91. The summed E-state index contributed by atoms with van der Waals surface area (Å²) in [6, 6.07) is 16.0. The Morgan fingerprint density at radius 1 is 1.17 bits per heavy atom. The van der Waals surface area contributed by atoms with Gasteiger partial charge in [0.25, 0.3) is 5.91 Å². The van der Waals surface area contributed by atoms with Crippen molar-refractivity contribution in [2.24, 2.45) is 0 Å². The van der Waals surface area contributed by atoms with Crippen LogP contribution >= 0.6 is 0 Å². The highest BCUT2D eigenvalue weighted by Crippen LogP contribution is 2.18. The lowest BCUT2D eigenvalue weighted by Gasteiger charge is -2.11. The van der Waals surface area contributed by atoms with E-state index in [0.29, 0.717) is 17.3 Å². The molecule has 0 fully saturated rings. The SMILES string of the molecule is COc1cccc(NC(=O)C(C)n2nnc(-c3ccccc3)n2)c1. The smallest absolute Gasteiger partial charge is 0.250 e. The molecule has 0 aliphatic rings. The number of amides is 1. The largest absolute Gasteiger partial charge is 0.497 e. The number of methoxy groups -OCH3 is 1. The summed E-state index contributed by atoms with van der Waals surface area (Å²) in [5.41, 5.74) is 1.50. The first-order valence-corrected chi connectivity index (χ1v) is 7.47. The van der Waals surface area contributed by atoms with E-state index in [1.807, 2.05) is 36.4 Å². The zero-order valence-electron chi connectivity index (χ0n) is 13.4. The van der Waals surface area contributed by atoms with Crippen molar-refractivity contribution < 1.29 is 9.53 Å². The molecule has 1 heterocycles. The average Bonchev–Trinajstić information content (AvgIpc) is 3.12. The van der Waals surface area contributed by atoms with Crippen LogP contribution in [0.5, 0.6) is 5.75 Å². The van der Waals surface area contributed by atoms with Crippen molar-refractivity contribution in [1.29, 1.82) is 0 Å². The van der Waals surface area contributed by atoms with Crippen molar-refractivity contribution in [3.63, 3.8) is 0 Å². The fraction of sp³-hybridized carbons (Fsp3) is 0.176. The maximum Gasteiger partial charge on any atom is 0.250 e. The van der Waals surface area contributed by atoms with Gasteiger partial charge in [-0.3, -0.25) is 4.79 Å². The first-order chi connectivity index (χ1) is 11.7. The van der Waals surface area contributed by atoms with Crippen molar-refractivity contribution in [2.75, 3.05) is 12.4 Å². The van der Waals surface area contributed by atoms with Gasteiger partial charge < -0.3 is 10.1 Å². The molecule has 122 valence electrons. The lowest BCUT2D eigenvalue weighted by atomic mass is 10.2. The topological polar surface area (TPSA) is 81.9 Å². The normalized spacial score (nSPS) is 11.8. The molecule has 24 heavy (non-hydrogen) atoms. The minimum absolute atomic E-state index is 0.236. The van der Waals surface area contributed by atoms with E-state index in [1.165, 1.54) is 4.80 Å². The molecule has 1 N–H and O–H groups in total. The molecular weight excluding hydrogens is 306 g/mol. The van der Waals surface area contributed by atoms with E-state index in [0.717, 1.165) is 5.56 Å². The van der Waals surface area contributed by atoms with Gasteiger partial charge >= 0.3 is 0 Å². The van der Waals surface area contributed by atoms with E-state index >= 15 is 0 Å². The van der Waals surface area contributed by atoms with Crippen LogP contribution in [0.25, 0.3) is 11.4 Å². The van der Waals surface area contributed by atoms with Gasteiger partial charge in [0, 0.05) is 17.3 Å². The third-order valence-electron chi connectivity index (χ3n) is 3.52. The Hall–Kier alpha value is -3.22. The van der Waals surface area contributed by atoms with E-state index in [4.69, 9.17) is 4.74 Å². The van der Waals surface area contributed by atoms with Crippen LogP contribution in [0.15, 0.2) is 54.6 Å². The molecule has 0 radical (unpaired) electrons. The number of benzene rings is 2. The molecule has 1 unspecified atom stereocenters. The highest BCUT2D eigenvalue weighted by molar-refractivity contribution is 5.93. The Morgan fingerprint density at radius 2 is 1.96 bits per heavy atom. The van der Waals surface area contributed by atoms with Gasteiger partial charge in [0.1, 0.15) is 11.8 Å². The Bertz CT molecular complexity index is 832. The molecule has 1 atom stereocenters. The van der Waals surface area contributed by atoms with Gasteiger partial charge in [0.05, 0.1) is 7.11 Å². The van der Waals surface area contributed by atoms with Crippen LogP contribution in [-0.4, -0.2) is 33.2 Å². The molecule has 0 aliphatic carbocycles. The van der Waals surface area contributed by atoms with Crippen LogP contribution in [0, 0.1) is 0 Å². The molecule has 0 bridgehead atoms. The van der Waals surface area contributed by atoms with Gasteiger partial charge in [-0.15, -0.1) is 10.2 Å². The average molecular weight is 323 g/mol. The number of carbonyl (C=O) groups excluding carboxylic acids is 1. The Morgan fingerprint density at radius 3 is 2.71 bits per heavy atom. The highest BCUT2D eigenvalue weighted by Gasteiger charge is 2.19. The van der Waals surface area contributed by atoms with Gasteiger partial charge in [0.15, 0.2) is 0 Å². The number of nitrogens with one attached hydrogen (secondary N) is 1. The molecule has 1 aromatic heterocycles. The minimum atomic E-state index is -0.596. The summed E-state index contributed by atoms with van der Waals surface area (Å²) in [5.74, 6) is 0.919. The molecule has 7 heteroatoms. The standard InChI is InChI=1S/C17H17N5O2/c1-12(17(23)18-14-9-6-10-15(11-14)24-2)22-20-16(19-21-22)13-7-4-3-5-8-13/h3-12H,1-2H3,(H,18,23). The molecule has 0 saturated carbocycles. The lowest BCUT2D eigenvalue weighted by molar-refractivity contribution is -0.119. The molecule has 0 spiro atoms. The molecule has 3 rings (SSSR count). The van der Waals surface area contributed by atoms with Gasteiger partial charge in [-0.25, -0.2) is 0 Å². The predicted molar refractivity (Wildman–Crippen MR) is 89.6 cm³/mol. The fourth-order valence-corrected chi connectivity index (χ4v) is 2.14. The van der Waals surface area contributed by atoms with Gasteiger partial charge in [-0.2, -0.15) is 4.80 Å². The second-order valence-corrected chi connectivity index (χ2v) is 5.20. The number of hydrogen-bond donors (Lipinski definition) is 1. The number of ether oxygens (including phenoxy) is 1. The monoisotopic (exact) mass is 323 g/mol. The summed E-state index contributed by atoms with van der Waals surface area (Å²) >= 11 is 0. The summed E-state index contributed by atoms with van der Waals surface area (Å²) in [4.78, 5) is 13.7. The third-order valence-corrected chi connectivity index (χ3v) is 3.52. The summed E-state index contributed by atoms with van der Waals surface area (Å²) in [6.07, 6.45) is 0. The molecule has 7 nitrogen and oxygen atoms in total. The number of hydrogen-bond acceptors (Lipinski definition) is 5. The van der Waals surface area contributed by atoms with E-state index in [1.54, 1.807) is 32.2 Å². The van der Waals surface area contributed by atoms with Crippen LogP contribution in [-0.2, 0) is 4.79 Å². The summed E-state index contributed by atoms with van der Waals surface area (Å²) in [5, 5.41) is 15.1. The second-order valence-electron chi connectivity index (χ2n) is 5.20. The molecular formula is C17H17N5O2. The van der Waals surface area contributed by atoms with E-state index < -0.39 is 6.04 Å². The zero-order chi connectivity index (χ0) is 16.9. The van der Waals surface area contributed by atoms with E-state index in [-0.39, 0.29) is 5.91 Å². The predicted octanol–water partition coefficient (Wildman–Crippen LogP) is 2.55. The summed E-state index contributed by atoms with van der Waals surface area (Å²) in [7, 11) is 1.58. The number of tetrazole rings is 1. The van der Waals surface area contributed by atoms with Crippen LogP contribution in [0.2, 0.25) is 0 Å². The Labute approximate surface area is 139 Å². The maximum absolute atomic E-state index is 12.4. The third kappa shape index (κ3) is 3.40. The lowest BCUT2D eigenvalue weighted by Crippen LogP contribution is -2.25. The Kier molecular flexibility index (Phi) is 4.51. The summed E-state index contributed by atoms with van der Waals surface area (Å²) < 4.78 is 5.14. The first-order valence-electron chi connectivity index (χ1n) is 7.47. The van der Waals surface area contributed by atoms with Gasteiger partial charge in [0.2, 0.25) is 5.82 Å². The van der Waals surface area contributed by atoms with Gasteiger partial charge in [-0.1, -0.05) is 36.4 Å². The zero-order valence-corrected chi connectivity index (χ0v) is 13.4. The number of carbonyl (C=O) groups is 1. The molecule has 0 aliphatic heterocycles. The number of nitrogens with zero attached hydrogens (tertiary/aromatic N) is 4. The van der Waals surface area contributed by atoms with Crippen molar-refractivity contribution in [1.82, 2.24) is 20.2 Å². The molecule has 0 saturated heterocycles.